The first kappa shape index (κ1) is 20.0. The molecular weight excluding hydrogens is 360 g/mol. The van der Waals surface area contributed by atoms with Gasteiger partial charge in [-0.05, 0) is 59.2 Å². The molecule has 1 atom stereocenters. The molecule has 0 aromatic carbocycles. The van der Waals surface area contributed by atoms with Crippen LogP contribution in [0.2, 0.25) is 0 Å². The molecule has 0 N–H and O–H groups in total. The van der Waals surface area contributed by atoms with Gasteiger partial charge in [-0.3, -0.25) is 14.6 Å². The first-order valence-corrected chi connectivity index (χ1v) is 11.5. The Morgan fingerprint density at radius 2 is 2.04 bits per heavy atom. The third-order valence-corrected chi connectivity index (χ3v) is 6.58. The molecule has 0 amide bonds. The Morgan fingerprint density at radius 3 is 2.67 bits per heavy atom. The lowest BCUT2D eigenvalue weighted by atomic mass is 9.93. The van der Waals surface area contributed by atoms with Crippen LogP contribution in [0.1, 0.15) is 61.3 Å². The predicted octanol–water partition coefficient (Wildman–Crippen LogP) is 3.26. The molecule has 1 unspecified atom stereocenters. The molecule has 27 heavy (non-hydrogen) atoms. The number of likely N-dealkylation sites (tertiary alicyclic amines) is 1. The van der Waals surface area contributed by atoms with Crippen LogP contribution in [0.15, 0.2) is 23.2 Å². The summed E-state index contributed by atoms with van der Waals surface area (Å²) in [5.41, 5.74) is 4.31. The molecule has 1 fully saturated rings. The lowest BCUT2D eigenvalue weighted by Gasteiger charge is -2.33. The fourth-order valence-corrected chi connectivity index (χ4v) is 5.02. The van der Waals surface area contributed by atoms with Gasteiger partial charge in [-0.1, -0.05) is 0 Å². The van der Waals surface area contributed by atoms with Crippen LogP contribution in [0.4, 0.5) is 0 Å². The lowest BCUT2D eigenvalue weighted by Crippen LogP contribution is -2.35. The smallest absolute Gasteiger partial charge is 0.177 e. The molecule has 1 aliphatic heterocycles. The number of aryl methyl sites for hydroxylation is 1. The molecule has 7 heteroatoms. The second-order valence-corrected chi connectivity index (χ2v) is 9.91. The average Bonchev–Trinajstić information content (AvgIpc) is 2.90. The van der Waals surface area contributed by atoms with Crippen LogP contribution in [0.5, 0.6) is 0 Å². The van der Waals surface area contributed by atoms with E-state index < -0.39 is 9.84 Å². The van der Waals surface area contributed by atoms with Crippen LogP contribution in [-0.4, -0.2) is 47.4 Å². The third kappa shape index (κ3) is 4.24. The summed E-state index contributed by atoms with van der Waals surface area (Å²) < 4.78 is 26.4. The fourth-order valence-electron chi connectivity index (χ4n) is 4.10. The zero-order valence-electron chi connectivity index (χ0n) is 16.9. The Morgan fingerprint density at radius 1 is 1.30 bits per heavy atom. The number of pyridine rings is 1. The number of hydrogen-bond acceptors (Lipinski definition) is 5. The Hall–Kier alpha value is -1.73. The summed E-state index contributed by atoms with van der Waals surface area (Å²) in [7, 11) is -3.27. The monoisotopic (exact) mass is 390 g/mol. The van der Waals surface area contributed by atoms with E-state index in [-0.39, 0.29) is 5.92 Å². The molecule has 6 nitrogen and oxygen atoms in total. The molecule has 0 aliphatic carbocycles. The Labute approximate surface area is 162 Å². The van der Waals surface area contributed by atoms with Crippen LogP contribution < -0.4 is 0 Å². The van der Waals surface area contributed by atoms with Crippen molar-refractivity contribution in [2.75, 3.05) is 19.3 Å². The van der Waals surface area contributed by atoms with E-state index in [4.69, 9.17) is 5.10 Å². The minimum Gasteiger partial charge on any atom is -0.298 e. The lowest BCUT2D eigenvalue weighted by molar-refractivity contribution is 0.196. The van der Waals surface area contributed by atoms with Gasteiger partial charge >= 0.3 is 0 Å². The van der Waals surface area contributed by atoms with Gasteiger partial charge in [0.1, 0.15) is 0 Å². The molecule has 1 saturated heterocycles. The third-order valence-electron chi connectivity index (χ3n) is 5.44. The molecule has 2 aromatic rings. The second kappa shape index (κ2) is 7.72. The van der Waals surface area contributed by atoms with Gasteiger partial charge in [0.05, 0.1) is 16.3 Å². The predicted molar refractivity (Wildman–Crippen MR) is 107 cm³/mol. The van der Waals surface area contributed by atoms with Crippen LogP contribution in [-0.2, 0) is 16.4 Å². The zero-order chi connectivity index (χ0) is 19.8. The van der Waals surface area contributed by atoms with Crippen LogP contribution in [0.25, 0.3) is 0 Å². The molecular formula is C20H30N4O2S. The average molecular weight is 391 g/mol. The topological polar surface area (TPSA) is 68.1 Å². The molecule has 148 valence electrons. The maximum atomic E-state index is 12.2. The van der Waals surface area contributed by atoms with E-state index in [9.17, 15) is 8.42 Å². The van der Waals surface area contributed by atoms with Crippen LogP contribution in [0.3, 0.4) is 0 Å². The second-order valence-electron chi connectivity index (χ2n) is 7.92. The van der Waals surface area contributed by atoms with E-state index in [1.54, 1.807) is 18.3 Å². The summed E-state index contributed by atoms with van der Waals surface area (Å²) in [5.74, 6) is 0.144. The van der Waals surface area contributed by atoms with Gasteiger partial charge in [0, 0.05) is 48.8 Å². The summed E-state index contributed by atoms with van der Waals surface area (Å²) in [5, 5.41) is 4.70. The Balaban J connectivity index is 1.83. The molecule has 1 aliphatic rings. The molecule has 3 rings (SSSR count). The van der Waals surface area contributed by atoms with Crippen molar-refractivity contribution in [3.63, 3.8) is 0 Å². The fraction of sp³-hybridized carbons (Fsp3) is 0.600. The molecule has 0 bridgehead atoms. The van der Waals surface area contributed by atoms with E-state index in [0.717, 1.165) is 43.9 Å². The first-order chi connectivity index (χ1) is 12.7. The van der Waals surface area contributed by atoms with Gasteiger partial charge in [-0.15, -0.1) is 0 Å². The van der Waals surface area contributed by atoms with Gasteiger partial charge in [0.25, 0.3) is 0 Å². The van der Waals surface area contributed by atoms with Crippen molar-refractivity contribution in [1.29, 1.82) is 0 Å². The summed E-state index contributed by atoms with van der Waals surface area (Å²) in [6, 6.07) is 3.72. The van der Waals surface area contributed by atoms with E-state index in [2.05, 4.69) is 42.3 Å². The van der Waals surface area contributed by atoms with Crippen molar-refractivity contribution in [2.45, 2.75) is 63.9 Å². The first-order valence-electron chi connectivity index (χ1n) is 9.60. The van der Waals surface area contributed by atoms with Gasteiger partial charge < -0.3 is 0 Å². The molecule has 3 heterocycles. The highest BCUT2D eigenvalue weighted by atomic mass is 32.2. The SMILES string of the molecule is Cc1nn(C(C)C)c(C)c1CN1CCCC(c2ncccc2S(C)(=O)=O)C1. The molecule has 2 aromatic heterocycles. The molecule has 0 spiro atoms. The summed E-state index contributed by atoms with van der Waals surface area (Å²) in [4.78, 5) is 7.24. The quantitative estimate of drug-likeness (QED) is 0.784. The summed E-state index contributed by atoms with van der Waals surface area (Å²) >= 11 is 0. The van der Waals surface area contributed by atoms with Crippen molar-refractivity contribution >= 4 is 9.84 Å². The minimum absolute atomic E-state index is 0.144. The van der Waals surface area contributed by atoms with Crippen molar-refractivity contribution in [2.24, 2.45) is 0 Å². The maximum absolute atomic E-state index is 12.2. The Kier molecular flexibility index (Phi) is 5.72. The largest absolute Gasteiger partial charge is 0.298 e. The van der Waals surface area contributed by atoms with Crippen LogP contribution >= 0.6 is 0 Å². The number of piperidine rings is 1. The number of aromatic nitrogens is 3. The zero-order valence-corrected chi connectivity index (χ0v) is 17.8. The summed E-state index contributed by atoms with van der Waals surface area (Å²) in [6.45, 7) is 11.2. The van der Waals surface area contributed by atoms with Crippen molar-refractivity contribution in [3.8, 4) is 0 Å². The van der Waals surface area contributed by atoms with E-state index >= 15 is 0 Å². The van der Waals surface area contributed by atoms with Crippen molar-refractivity contribution in [3.05, 3.63) is 41.0 Å². The van der Waals surface area contributed by atoms with Crippen LogP contribution in [0, 0.1) is 13.8 Å². The van der Waals surface area contributed by atoms with Gasteiger partial charge in [0.2, 0.25) is 0 Å². The maximum Gasteiger partial charge on any atom is 0.177 e. The van der Waals surface area contributed by atoms with Crippen molar-refractivity contribution < 1.29 is 8.42 Å². The highest BCUT2D eigenvalue weighted by Gasteiger charge is 2.28. The minimum atomic E-state index is -3.27. The molecule has 0 saturated carbocycles. The highest BCUT2D eigenvalue weighted by Crippen LogP contribution is 2.31. The van der Waals surface area contributed by atoms with Gasteiger partial charge in [0.15, 0.2) is 9.84 Å². The number of nitrogens with zero attached hydrogens (tertiary/aromatic N) is 4. The number of hydrogen-bond donors (Lipinski definition) is 0. The van der Waals surface area contributed by atoms with Gasteiger partial charge in [-0.25, -0.2) is 8.42 Å². The standard InChI is InChI=1S/C20H30N4O2S/c1-14(2)24-16(4)18(15(3)22-24)13-23-11-7-8-17(12-23)20-19(27(5,25)26)9-6-10-21-20/h6,9-10,14,17H,7-8,11-13H2,1-5H3. The van der Waals surface area contributed by atoms with Gasteiger partial charge in [-0.2, -0.15) is 5.10 Å². The normalized spacial score (nSPS) is 19.0. The highest BCUT2D eigenvalue weighted by molar-refractivity contribution is 7.90. The Bertz CT molecular complexity index is 918. The number of rotatable bonds is 5. The number of sulfone groups is 1. The van der Waals surface area contributed by atoms with E-state index in [1.165, 1.54) is 17.5 Å². The van der Waals surface area contributed by atoms with Crippen molar-refractivity contribution in [1.82, 2.24) is 19.7 Å². The summed E-state index contributed by atoms with van der Waals surface area (Å²) in [6.07, 6.45) is 4.98. The van der Waals surface area contributed by atoms with E-state index in [1.807, 2.05) is 0 Å². The van der Waals surface area contributed by atoms with E-state index in [0.29, 0.717) is 10.9 Å². The molecule has 0 radical (unpaired) electrons.